The third kappa shape index (κ3) is 4.72. The molecule has 1 aliphatic carbocycles. The molecule has 0 fully saturated rings. The molecular weight excluding hydrogens is 346 g/mol. The number of rotatable bonds is 7. The van der Waals surface area contributed by atoms with Crippen LogP contribution in [0.2, 0.25) is 0 Å². The zero-order chi connectivity index (χ0) is 18.7. The van der Waals surface area contributed by atoms with Gasteiger partial charge in [-0.2, -0.15) is 0 Å². The topological polar surface area (TPSA) is 66.4 Å². The molecule has 5 heteroatoms. The monoisotopic (exact) mass is 373 g/mol. The van der Waals surface area contributed by atoms with Crippen LogP contribution in [0, 0.1) is 0 Å². The van der Waals surface area contributed by atoms with Gasteiger partial charge in [0.05, 0.1) is 11.0 Å². The summed E-state index contributed by atoms with van der Waals surface area (Å²) in [5, 5.41) is 13.7. The summed E-state index contributed by atoms with van der Waals surface area (Å²) in [6.07, 6.45) is 5.09. The van der Waals surface area contributed by atoms with E-state index in [4.69, 9.17) is 0 Å². The number of fused-ring (bicyclic) bond motifs is 1. The maximum absolute atomic E-state index is 11.5. The molecule has 0 aliphatic heterocycles. The molecule has 2 N–H and O–H groups in total. The fourth-order valence-corrected chi connectivity index (χ4v) is 4.18. The first-order chi connectivity index (χ1) is 12.3. The molecule has 1 unspecified atom stereocenters. The van der Waals surface area contributed by atoms with Crippen molar-refractivity contribution in [1.82, 2.24) is 5.32 Å². The minimum atomic E-state index is -3.21. The Morgan fingerprint density at radius 3 is 2.46 bits per heavy atom. The first-order valence-corrected chi connectivity index (χ1v) is 11.0. The molecule has 0 amide bonds. The van der Waals surface area contributed by atoms with Crippen LogP contribution in [0.4, 0.5) is 0 Å². The number of aliphatic hydroxyl groups is 1. The highest BCUT2D eigenvalue weighted by Crippen LogP contribution is 2.23. The number of aryl methyl sites for hydroxylation is 2. The average Bonchev–Trinajstić information content (AvgIpc) is 3.07. The molecule has 3 rings (SSSR count). The van der Waals surface area contributed by atoms with Gasteiger partial charge in [-0.15, -0.1) is 0 Å². The van der Waals surface area contributed by atoms with Gasteiger partial charge in [0.1, 0.15) is 0 Å². The molecule has 0 heterocycles. The standard InChI is InChI=1S/C21H27NO3S/c1-15(12-16-6-7-17-4-3-5-19(17)13-16)22-14-21(23)18-8-10-20(11-9-18)26(2,24)25/h6-11,13,15,21-23H,3-5,12,14H2,1-2H3/t15-,21?/m1/s1. The second kappa shape index (κ2) is 7.91. The molecular formula is C21H27NO3S. The number of hydrogen-bond acceptors (Lipinski definition) is 4. The number of nitrogens with one attached hydrogen (secondary N) is 1. The van der Waals surface area contributed by atoms with Crippen molar-refractivity contribution in [2.75, 3.05) is 12.8 Å². The largest absolute Gasteiger partial charge is 0.387 e. The summed E-state index contributed by atoms with van der Waals surface area (Å²) in [6.45, 7) is 2.55. The zero-order valence-electron chi connectivity index (χ0n) is 15.4. The highest BCUT2D eigenvalue weighted by atomic mass is 32.2. The third-order valence-electron chi connectivity index (χ3n) is 5.06. The van der Waals surface area contributed by atoms with Crippen LogP contribution < -0.4 is 5.32 Å². The van der Waals surface area contributed by atoms with Crippen LogP contribution in [0.3, 0.4) is 0 Å². The number of benzene rings is 2. The molecule has 0 saturated heterocycles. The molecule has 2 atom stereocenters. The van der Waals surface area contributed by atoms with Gasteiger partial charge in [0, 0.05) is 18.8 Å². The van der Waals surface area contributed by atoms with E-state index in [2.05, 4.69) is 30.4 Å². The van der Waals surface area contributed by atoms with E-state index in [1.54, 1.807) is 24.3 Å². The molecule has 26 heavy (non-hydrogen) atoms. The van der Waals surface area contributed by atoms with Gasteiger partial charge >= 0.3 is 0 Å². The van der Waals surface area contributed by atoms with E-state index in [0.29, 0.717) is 6.54 Å². The van der Waals surface area contributed by atoms with E-state index in [1.165, 1.54) is 42.2 Å². The van der Waals surface area contributed by atoms with Crippen molar-refractivity contribution in [2.45, 2.75) is 49.6 Å². The fourth-order valence-electron chi connectivity index (χ4n) is 3.55. The minimum absolute atomic E-state index is 0.249. The summed E-state index contributed by atoms with van der Waals surface area (Å²) in [6, 6.07) is 13.5. The van der Waals surface area contributed by atoms with E-state index in [-0.39, 0.29) is 10.9 Å². The third-order valence-corrected chi connectivity index (χ3v) is 6.19. The van der Waals surface area contributed by atoms with Crippen molar-refractivity contribution < 1.29 is 13.5 Å². The maximum atomic E-state index is 11.5. The van der Waals surface area contributed by atoms with Crippen LogP contribution in [0.15, 0.2) is 47.4 Å². The summed E-state index contributed by atoms with van der Waals surface area (Å²) >= 11 is 0. The van der Waals surface area contributed by atoms with Gasteiger partial charge in [0.2, 0.25) is 0 Å². The predicted molar refractivity (Wildman–Crippen MR) is 104 cm³/mol. The summed E-state index contributed by atoms with van der Waals surface area (Å²) in [5.41, 5.74) is 5.02. The van der Waals surface area contributed by atoms with E-state index in [1.807, 2.05) is 0 Å². The molecule has 0 radical (unpaired) electrons. The first-order valence-electron chi connectivity index (χ1n) is 9.15. The number of sulfone groups is 1. The lowest BCUT2D eigenvalue weighted by Gasteiger charge is -2.18. The lowest BCUT2D eigenvalue weighted by atomic mass is 10.0. The molecule has 0 aromatic heterocycles. The van der Waals surface area contributed by atoms with Crippen LogP contribution in [0.5, 0.6) is 0 Å². The second-order valence-electron chi connectivity index (χ2n) is 7.33. The highest BCUT2D eigenvalue weighted by molar-refractivity contribution is 7.90. The fraction of sp³-hybridized carbons (Fsp3) is 0.429. The van der Waals surface area contributed by atoms with Crippen LogP contribution in [0.1, 0.15) is 41.7 Å². The Morgan fingerprint density at radius 2 is 1.77 bits per heavy atom. The maximum Gasteiger partial charge on any atom is 0.175 e. The molecule has 0 saturated carbocycles. The van der Waals surface area contributed by atoms with Crippen molar-refractivity contribution in [1.29, 1.82) is 0 Å². The summed E-state index contributed by atoms with van der Waals surface area (Å²) in [5.74, 6) is 0. The number of hydrogen-bond donors (Lipinski definition) is 2. The van der Waals surface area contributed by atoms with E-state index in [0.717, 1.165) is 12.0 Å². The smallest absolute Gasteiger partial charge is 0.175 e. The van der Waals surface area contributed by atoms with Gasteiger partial charge in [-0.25, -0.2) is 8.42 Å². The van der Waals surface area contributed by atoms with Crippen molar-refractivity contribution in [3.05, 3.63) is 64.7 Å². The molecule has 2 aromatic rings. The average molecular weight is 374 g/mol. The Hall–Kier alpha value is -1.69. The lowest BCUT2D eigenvalue weighted by Crippen LogP contribution is -2.32. The van der Waals surface area contributed by atoms with Crippen LogP contribution in [0.25, 0.3) is 0 Å². The van der Waals surface area contributed by atoms with Crippen molar-refractivity contribution >= 4 is 9.84 Å². The van der Waals surface area contributed by atoms with Crippen LogP contribution in [-0.2, 0) is 29.1 Å². The molecule has 0 spiro atoms. The summed E-state index contributed by atoms with van der Waals surface area (Å²) < 4.78 is 23.0. The minimum Gasteiger partial charge on any atom is -0.387 e. The molecule has 140 valence electrons. The first kappa shape index (κ1) is 19.1. The van der Waals surface area contributed by atoms with Crippen molar-refractivity contribution in [3.8, 4) is 0 Å². The van der Waals surface area contributed by atoms with E-state index in [9.17, 15) is 13.5 Å². The van der Waals surface area contributed by atoms with Crippen molar-refractivity contribution in [3.63, 3.8) is 0 Å². The van der Waals surface area contributed by atoms with E-state index < -0.39 is 15.9 Å². The Morgan fingerprint density at radius 1 is 1.08 bits per heavy atom. The number of aliphatic hydroxyl groups excluding tert-OH is 1. The van der Waals surface area contributed by atoms with Gasteiger partial charge in [-0.3, -0.25) is 0 Å². The normalized spacial score (nSPS) is 16.3. The van der Waals surface area contributed by atoms with Gasteiger partial charge in [-0.05, 0) is 67.0 Å². The highest BCUT2D eigenvalue weighted by Gasteiger charge is 2.14. The molecule has 2 aromatic carbocycles. The van der Waals surface area contributed by atoms with Gasteiger partial charge < -0.3 is 10.4 Å². The van der Waals surface area contributed by atoms with Crippen LogP contribution in [-0.4, -0.2) is 32.4 Å². The van der Waals surface area contributed by atoms with Crippen LogP contribution >= 0.6 is 0 Å². The van der Waals surface area contributed by atoms with Gasteiger partial charge in [-0.1, -0.05) is 30.3 Å². The summed E-state index contributed by atoms with van der Waals surface area (Å²) in [4.78, 5) is 0.270. The molecule has 0 bridgehead atoms. The second-order valence-corrected chi connectivity index (χ2v) is 9.34. The quantitative estimate of drug-likeness (QED) is 0.783. The SMILES string of the molecule is C[C@H](Cc1ccc2c(c1)CCC2)NCC(O)c1ccc(S(C)(=O)=O)cc1. The molecule has 1 aliphatic rings. The Kier molecular flexibility index (Phi) is 5.80. The Labute approximate surface area is 156 Å². The van der Waals surface area contributed by atoms with Gasteiger partial charge in [0.15, 0.2) is 9.84 Å². The molecule has 4 nitrogen and oxygen atoms in total. The lowest BCUT2D eigenvalue weighted by molar-refractivity contribution is 0.170. The summed E-state index contributed by atoms with van der Waals surface area (Å²) in [7, 11) is -3.21. The van der Waals surface area contributed by atoms with Gasteiger partial charge in [0.25, 0.3) is 0 Å². The predicted octanol–water partition coefficient (Wildman–Crippen LogP) is 2.83. The van der Waals surface area contributed by atoms with E-state index >= 15 is 0 Å². The zero-order valence-corrected chi connectivity index (χ0v) is 16.2. The Bertz CT molecular complexity index is 859. The van der Waals surface area contributed by atoms with Crippen molar-refractivity contribution in [2.24, 2.45) is 0 Å². The Balaban J connectivity index is 1.53.